The molecule has 0 heterocycles. The Kier molecular flexibility index (Phi) is 5.25. The molecule has 1 aromatic rings. The van der Waals surface area contributed by atoms with Gasteiger partial charge in [-0.2, -0.15) is 0 Å². The van der Waals surface area contributed by atoms with E-state index in [2.05, 4.69) is 6.92 Å². The predicted octanol–water partition coefficient (Wildman–Crippen LogP) is 4.86. The Morgan fingerprint density at radius 2 is 1.73 bits per heavy atom. The minimum Gasteiger partial charge on any atom is -0.126 e. The van der Waals surface area contributed by atoms with Crippen molar-refractivity contribution in [1.29, 1.82) is 0 Å². The van der Waals surface area contributed by atoms with Crippen LogP contribution in [0, 0.1) is 0 Å². The van der Waals surface area contributed by atoms with E-state index in [-0.39, 0.29) is 5.41 Å². The largest absolute Gasteiger partial charge is 0.126 e. The Labute approximate surface area is 107 Å². The van der Waals surface area contributed by atoms with E-state index in [0.717, 1.165) is 23.4 Å². The maximum absolute atomic E-state index is 6.18. The van der Waals surface area contributed by atoms with Crippen molar-refractivity contribution in [3.8, 4) is 0 Å². The summed E-state index contributed by atoms with van der Waals surface area (Å²) < 4.78 is 0. The highest BCUT2D eigenvalue weighted by molar-refractivity contribution is 6.32. The normalized spacial score (nSPS) is 11.7. The van der Waals surface area contributed by atoms with E-state index < -0.39 is 0 Å². The minimum atomic E-state index is -0.184. The minimum absolute atomic E-state index is 0.184. The second-order valence-corrected chi connectivity index (χ2v) is 4.72. The molecule has 0 saturated heterocycles. The maximum Gasteiger partial charge on any atom is 0.0444 e. The summed E-state index contributed by atoms with van der Waals surface area (Å²) in [6.07, 6.45) is 2.01. The van der Waals surface area contributed by atoms with Crippen LogP contribution in [0.5, 0.6) is 0 Å². The van der Waals surface area contributed by atoms with Gasteiger partial charge in [0.1, 0.15) is 0 Å². The topological polar surface area (TPSA) is 0 Å². The molecule has 0 bridgehead atoms. The van der Waals surface area contributed by atoms with Crippen LogP contribution in [0.25, 0.3) is 0 Å². The fourth-order valence-electron chi connectivity index (χ4n) is 1.82. The van der Waals surface area contributed by atoms with Crippen molar-refractivity contribution in [2.45, 2.75) is 25.2 Å². The van der Waals surface area contributed by atoms with Crippen molar-refractivity contribution in [2.24, 2.45) is 0 Å². The summed E-state index contributed by atoms with van der Waals surface area (Å²) in [6, 6.07) is 7.80. The molecule has 84 valence electrons. The molecule has 0 nitrogen and oxygen atoms in total. The molecule has 3 heteroatoms. The van der Waals surface area contributed by atoms with E-state index in [1.807, 2.05) is 24.3 Å². The summed E-state index contributed by atoms with van der Waals surface area (Å²) >= 11 is 18.3. The van der Waals surface area contributed by atoms with Gasteiger partial charge >= 0.3 is 0 Å². The van der Waals surface area contributed by atoms with Gasteiger partial charge in [-0.05, 0) is 18.1 Å². The molecule has 0 aliphatic heterocycles. The van der Waals surface area contributed by atoms with Gasteiger partial charge in [0.05, 0.1) is 0 Å². The molecular formula is C12H15Cl3. The van der Waals surface area contributed by atoms with Crippen LogP contribution >= 0.6 is 34.8 Å². The molecule has 1 aromatic carbocycles. The monoisotopic (exact) mass is 264 g/mol. The third-order valence-corrected chi connectivity index (χ3v) is 4.04. The molecule has 0 N–H and O–H groups in total. The lowest BCUT2D eigenvalue weighted by atomic mass is 9.80. The third-order valence-electron chi connectivity index (χ3n) is 2.69. The average molecular weight is 266 g/mol. The fourth-order valence-corrected chi connectivity index (χ4v) is 2.99. The summed E-state index contributed by atoms with van der Waals surface area (Å²) in [5.74, 6) is 1.02. The third kappa shape index (κ3) is 2.81. The summed E-state index contributed by atoms with van der Waals surface area (Å²) in [6.45, 7) is 2.13. The molecule has 0 aliphatic rings. The molecule has 0 saturated carbocycles. The van der Waals surface area contributed by atoms with Gasteiger partial charge in [0, 0.05) is 22.2 Å². The quantitative estimate of drug-likeness (QED) is 0.667. The molecule has 0 fully saturated rings. The van der Waals surface area contributed by atoms with Gasteiger partial charge in [-0.25, -0.2) is 0 Å². The van der Waals surface area contributed by atoms with Crippen molar-refractivity contribution in [1.82, 2.24) is 0 Å². The van der Waals surface area contributed by atoms with E-state index >= 15 is 0 Å². The van der Waals surface area contributed by atoms with Crippen LogP contribution in [0.15, 0.2) is 24.3 Å². The first-order chi connectivity index (χ1) is 7.20. The second kappa shape index (κ2) is 5.98. The molecule has 0 spiro atoms. The SMILES string of the molecule is CCCC(CCl)(CCl)c1ccccc1Cl. The van der Waals surface area contributed by atoms with Gasteiger partial charge in [0.15, 0.2) is 0 Å². The Balaban J connectivity index is 3.13. The van der Waals surface area contributed by atoms with E-state index in [1.54, 1.807) is 0 Å². The average Bonchev–Trinajstić information content (AvgIpc) is 2.27. The first-order valence-corrected chi connectivity index (χ1v) is 6.52. The Bertz CT molecular complexity index is 305. The van der Waals surface area contributed by atoms with Gasteiger partial charge in [-0.15, -0.1) is 23.2 Å². The number of rotatable bonds is 5. The number of hydrogen-bond donors (Lipinski definition) is 0. The summed E-state index contributed by atoms with van der Waals surface area (Å²) in [7, 11) is 0. The second-order valence-electron chi connectivity index (χ2n) is 3.78. The standard InChI is InChI=1S/C12H15Cl3/c1-2-7-12(8-13,9-14)10-5-3-4-6-11(10)15/h3-6H,2,7-9H2,1H3. The van der Waals surface area contributed by atoms with Crippen LogP contribution in [-0.4, -0.2) is 11.8 Å². The number of alkyl halides is 2. The summed E-state index contributed by atoms with van der Waals surface area (Å²) in [4.78, 5) is 0. The van der Waals surface area contributed by atoms with Crippen molar-refractivity contribution < 1.29 is 0 Å². The van der Waals surface area contributed by atoms with E-state index in [9.17, 15) is 0 Å². The molecule has 0 aromatic heterocycles. The Morgan fingerprint density at radius 1 is 1.13 bits per heavy atom. The van der Waals surface area contributed by atoms with Crippen LogP contribution in [0.1, 0.15) is 25.3 Å². The number of benzene rings is 1. The first kappa shape index (κ1) is 13.2. The number of halogens is 3. The summed E-state index contributed by atoms with van der Waals surface area (Å²) in [5.41, 5.74) is 0.884. The van der Waals surface area contributed by atoms with Crippen LogP contribution in [0.2, 0.25) is 5.02 Å². The summed E-state index contributed by atoms with van der Waals surface area (Å²) in [5, 5.41) is 0.757. The van der Waals surface area contributed by atoms with Gasteiger partial charge in [-0.1, -0.05) is 43.1 Å². The maximum atomic E-state index is 6.18. The molecule has 1 rings (SSSR count). The zero-order valence-electron chi connectivity index (χ0n) is 8.77. The van der Waals surface area contributed by atoms with Gasteiger partial charge < -0.3 is 0 Å². The van der Waals surface area contributed by atoms with E-state index in [0.29, 0.717) is 11.8 Å². The molecule has 0 radical (unpaired) electrons. The highest BCUT2D eigenvalue weighted by Crippen LogP contribution is 2.36. The first-order valence-electron chi connectivity index (χ1n) is 5.07. The molecule has 0 unspecified atom stereocenters. The van der Waals surface area contributed by atoms with Gasteiger partial charge in [-0.3, -0.25) is 0 Å². The lowest BCUT2D eigenvalue weighted by molar-refractivity contribution is 0.485. The Hall–Kier alpha value is 0.0900. The molecule has 15 heavy (non-hydrogen) atoms. The van der Waals surface area contributed by atoms with Crippen LogP contribution in [0.4, 0.5) is 0 Å². The highest BCUT2D eigenvalue weighted by Gasteiger charge is 2.31. The van der Waals surface area contributed by atoms with Crippen molar-refractivity contribution in [2.75, 3.05) is 11.8 Å². The lowest BCUT2D eigenvalue weighted by Gasteiger charge is -2.30. The molecule has 0 atom stereocenters. The zero-order valence-corrected chi connectivity index (χ0v) is 11.0. The van der Waals surface area contributed by atoms with Crippen molar-refractivity contribution in [3.63, 3.8) is 0 Å². The number of hydrogen-bond acceptors (Lipinski definition) is 0. The molecular weight excluding hydrogens is 250 g/mol. The van der Waals surface area contributed by atoms with E-state index in [1.165, 1.54) is 0 Å². The van der Waals surface area contributed by atoms with Crippen LogP contribution < -0.4 is 0 Å². The zero-order chi connectivity index (χ0) is 11.3. The predicted molar refractivity (Wildman–Crippen MR) is 69.5 cm³/mol. The van der Waals surface area contributed by atoms with Gasteiger partial charge in [0.25, 0.3) is 0 Å². The lowest BCUT2D eigenvalue weighted by Crippen LogP contribution is -2.30. The smallest absolute Gasteiger partial charge is 0.0444 e. The molecule has 0 aliphatic carbocycles. The Morgan fingerprint density at radius 3 is 2.20 bits per heavy atom. The highest BCUT2D eigenvalue weighted by atomic mass is 35.5. The van der Waals surface area contributed by atoms with Crippen LogP contribution in [0.3, 0.4) is 0 Å². The fraction of sp³-hybridized carbons (Fsp3) is 0.500. The van der Waals surface area contributed by atoms with Crippen LogP contribution in [-0.2, 0) is 5.41 Å². The van der Waals surface area contributed by atoms with Crippen molar-refractivity contribution in [3.05, 3.63) is 34.9 Å². The van der Waals surface area contributed by atoms with Crippen molar-refractivity contribution >= 4 is 34.8 Å². The molecule has 0 amide bonds. The van der Waals surface area contributed by atoms with E-state index in [4.69, 9.17) is 34.8 Å². The van der Waals surface area contributed by atoms with Gasteiger partial charge in [0.2, 0.25) is 0 Å².